The summed E-state index contributed by atoms with van der Waals surface area (Å²) in [6.07, 6.45) is 0.596. The second-order valence-corrected chi connectivity index (χ2v) is 6.77. The minimum absolute atomic E-state index is 0.0108. The molecule has 0 aromatic heterocycles. The lowest BCUT2D eigenvalue weighted by Crippen LogP contribution is -2.64. The topological polar surface area (TPSA) is 67.9 Å². The first-order chi connectivity index (χ1) is 9.62. The van der Waals surface area contributed by atoms with E-state index in [1.165, 1.54) is 0 Å². The van der Waals surface area contributed by atoms with Crippen molar-refractivity contribution in [2.75, 3.05) is 12.5 Å². The molecule has 0 saturated carbocycles. The molecule has 0 atom stereocenters. The van der Waals surface area contributed by atoms with Crippen molar-refractivity contribution in [3.05, 3.63) is 0 Å². The van der Waals surface area contributed by atoms with Gasteiger partial charge >= 0.3 is 6.16 Å². The molecule has 7 heteroatoms. The van der Waals surface area contributed by atoms with Crippen LogP contribution in [-0.4, -0.2) is 46.7 Å². The molecule has 1 amide bonds. The molecule has 0 spiro atoms. The predicted molar refractivity (Wildman–Crippen MR) is 80.0 cm³/mol. The van der Waals surface area contributed by atoms with E-state index < -0.39 is 17.2 Å². The van der Waals surface area contributed by atoms with E-state index in [1.54, 1.807) is 12.0 Å². The minimum Gasteiger partial charge on any atom is -0.433 e. The van der Waals surface area contributed by atoms with Gasteiger partial charge < -0.3 is 14.9 Å². The number of carbonyl (C=O) groups is 2. The van der Waals surface area contributed by atoms with Crippen LogP contribution in [0.15, 0.2) is 0 Å². The van der Waals surface area contributed by atoms with Gasteiger partial charge in [-0.1, -0.05) is 0 Å². The number of halogens is 1. The molecule has 0 aromatic carbocycles. The Hall–Kier alpha value is -1.01. The Balaban J connectivity index is 2.83. The number of nitrogens with zero attached hydrogens (tertiary/aromatic N) is 1. The summed E-state index contributed by atoms with van der Waals surface area (Å²) in [6.45, 7) is 9.85. The number of alkyl halides is 1. The Morgan fingerprint density at radius 3 is 2.19 bits per heavy atom. The van der Waals surface area contributed by atoms with Crippen molar-refractivity contribution in [3.63, 3.8) is 0 Å². The Labute approximate surface area is 131 Å². The van der Waals surface area contributed by atoms with Gasteiger partial charge in [-0.2, -0.15) is 0 Å². The van der Waals surface area contributed by atoms with Crippen molar-refractivity contribution in [2.24, 2.45) is 0 Å². The lowest BCUT2D eigenvalue weighted by Gasteiger charge is -2.52. The highest BCUT2D eigenvalue weighted by molar-refractivity contribution is 6.27. The Morgan fingerprint density at radius 2 is 1.76 bits per heavy atom. The molecule has 0 aliphatic carbocycles. The highest BCUT2D eigenvalue weighted by atomic mass is 35.5. The van der Waals surface area contributed by atoms with Crippen molar-refractivity contribution >= 4 is 23.7 Å². The third-order valence-corrected chi connectivity index (χ3v) is 3.75. The van der Waals surface area contributed by atoms with E-state index in [0.29, 0.717) is 12.8 Å². The first-order valence-corrected chi connectivity index (χ1v) is 7.66. The molecule has 1 saturated heterocycles. The van der Waals surface area contributed by atoms with E-state index in [2.05, 4.69) is 5.32 Å². The second-order valence-electron chi connectivity index (χ2n) is 6.50. The quantitative estimate of drug-likeness (QED) is 0.636. The minimum atomic E-state index is -0.707. The lowest BCUT2D eigenvalue weighted by atomic mass is 9.79. The molecule has 1 aliphatic heterocycles. The molecule has 0 unspecified atom stereocenters. The molecule has 0 aromatic rings. The summed E-state index contributed by atoms with van der Waals surface area (Å²) in [4.78, 5) is 28.5. The molecule has 1 N–H and O–H groups in total. The Kier molecular flexibility index (Phi) is 5.87. The summed E-state index contributed by atoms with van der Waals surface area (Å²) in [5.74, 6) is -0.242. The van der Waals surface area contributed by atoms with Gasteiger partial charge in [-0.15, -0.1) is 16.7 Å². The van der Waals surface area contributed by atoms with Gasteiger partial charge in [0.05, 0.1) is 17.7 Å². The molecule has 0 bridgehead atoms. The number of nitrogens with one attached hydrogen (secondary N) is 1. The number of hydrogen-bond donors (Lipinski definition) is 1. The summed E-state index contributed by atoms with van der Waals surface area (Å²) in [6, 6.07) is -0.0108. The molecule has 122 valence electrons. The highest BCUT2D eigenvalue weighted by Gasteiger charge is 2.48. The molecule has 6 nitrogen and oxygen atoms in total. The zero-order valence-electron chi connectivity index (χ0n) is 13.4. The fraction of sp³-hybridized carbons (Fsp3) is 0.857. The van der Waals surface area contributed by atoms with Gasteiger partial charge in [-0.3, -0.25) is 4.79 Å². The van der Waals surface area contributed by atoms with Crippen LogP contribution < -0.4 is 5.32 Å². The number of hydrogen-bond acceptors (Lipinski definition) is 5. The van der Waals surface area contributed by atoms with E-state index >= 15 is 0 Å². The van der Waals surface area contributed by atoms with Gasteiger partial charge in [0, 0.05) is 6.04 Å². The summed E-state index contributed by atoms with van der Waals surface area (Å²) < 4.78 is 4.85. The standard InChI is InChI=1S/C14H25ClN2O4/c1-6-20-12(19)21-17-13(2,3)7-10(8-14(17,4)5)16-11(18)9-15/h10H,6-9H2,1-5H3,(H,16,18). The summed E-state index contributed by atoms with van der Waals surface area (Å²) in [7, 11) is 0. The lowest BCUT2D eigenvalue weighted by molar-refractivity contribution is -0.254. The van der Waals surface area contributed by atoms with Gasteiger partial charge in [0.1, 0.15) is 5.88 Å². The summed E-state index contributed by atoms with van der Waals surface area (Å²) in [5.41, 5.74) is -0.864. The number of amides is 1. The molecule has 21 heavy (non-hydrogen) atoms. The molecule has 1 aliphatic rings. The van der Waals surface area contributed by atoms with Crippen molar-refractivity contribution in [1.82, 2.24) is 10.4 Å². The number of carbonyl (C=O) groups excluding carboxylic acids is 2. The van der Waals surface area contributed by atoms with Crippen LogP contribution in [0.1, 0.15) is 47.5 Å². The van der Waals surface area contributed by atoms with Crippen molar-refractivity contribution in [2.45, 2.75) is 64.6 Å². The fourth-order valence-corrected chi connectivity index (χ4v) is 3.17. The average molecular weight is 321 g/mol. The highest BCUT2D eigenvalue weighted by Crippen LogP contribution is 2.38. The molecule has 1 fully saturated rings. The van der Waals surface area contributed by atoms with E-state index in [0.717, 1.165) is 0 Å². The van der Waals surface area contributed by atoms with Gasteiger partial charge in [-0.05, 0) is 47.5 Å². The average Bonchev–Trinajstić information content (AvgIpc) is 2.33. The maximum absolute atomic E-state index is 11.6. The van der Waals surface area contributed by atoms with Crippen molar-refractivity contribution < 1.29 is 19.2 Å². The monoisotopic (exact) mass is 320 g/mol. The van der Waals surface area contributed by atoms with E-state index in [1.807, 2.05) is 27.7 Å². The van der Waals surface area contributed by atoms with Crippen LogP contribution >= 0.6 is 11.6 Å². The molecular weight excluding hydrogens is 296 g/mol. The Bertz CT molecular complexity index is 380. The largest absolute Gasteiger partial charge is 0.527 e. The van der Waals surface area contributed by atoms with E-state index in [4.69, 9.17) is 21.2 Å². The van der Waals surface area contributed by atoms with Gasteiger partial charge in [0.2, 0.25) is 5.91 Å². The maximum Gasteiger partial charge on any atom is 0.527 e. The van der Waals surface area contributed by atoms with Gasteiger partial charge in [0.25, 0.3) is 0 Å². The van der Waals surface area contributed by atoms with Crippen molar-refractivity contribution in [1.29, 1.82) is 0 Å². The smallest absolute Gasteiger partial charge is 0.433 e. The summed E-state index contributed by atoms with van der Waals surface area (Å²) >= 11 is 5.54. The van der Waals surface area contributed by atoms with Crippen LogP contribution in [0.5, 0.6) is 0 Å². The fourth-order valence-electron chi connectivity index (χ4n) is 3.10. The first kappa shape index (κ1) is 18.0. The van der Waals surface area contributed by atoms with Crippen LogP contribution in [0, 0.1) is 0 Å². The van der Waals surface area contributed by atoms with Crippen LogP contribution in [0.4, 0.5) is 4.79 Å². The zero-order valence-corrected chi connectivity index (χ0v) is 14.1. The third-order valence-electron chi connectivity index (χ3n) is 3.51. The first-order valence-electron chi connectivity index (χ1n) is 7.13. The van der Waals surface area contributed by atoms with E-state index in [-0.39, 0.29) is 24.4 Å². The number of piperidine rings is 1. The zero-order chi connectivity index (χ0) is 16.3. The molecular formula is C14H25ClN2O4. The van der Waals surface area contributed by atoms with Gasteiger partial charge in [-0.25, -0.2) is 4.79 Å². The second kappa shape index (κ2) is 6.83. The predicted octanol–water partition coefficient (Wildman–Crippen LogP) is 2.45. The summed E-state index contributed by atoms with van der Waals surface area (Å²) in [5, 5.41) is 4.58. The van der Waals surface area contributed by atoms with Crippen molar-refractivity contribution in [3.8, 4) is 0 Å². The normalized spacial score (nSPS) is 21.6. The maximum atomic E-state index is 11.6. The van der Waals surface area contributed by atoms with Crippen LogP contribution in [0.3, 0.4) is 0 Å². The Morgan fingerprint density at radius 1 is 1.24 bits per heavy atom. The van der Waals surface area contributed by atoms with E-state index in [9.17, 15) is 9.59 Å². The van der Waals surface area contributed by atoms with Gasteiger partial charge in [0.15, 0.2) is 0 Å². The SMILES string of the molecule is CCOC(=O)ON1C(C)(C)CC(NC(=O)CCl)CC1(C)C. The molecule has 1 rings (SSSR count). The molecule has 1 heterocycles. The number of ether oxygens (including phenoxy) is 1. The third kappa shape index (κ3) is 4.74. The molecule has 0 radical (unpaired) electrons. The number of rotatable bonds is 4. The van der Waals surface area contributed by atoms with Crippen LogP contribution in [0.2, 0.25) is 0 Å². The van der Waals surface area contributed by atoms with Crippen LogP contribution in [0.25, 0.3) is 0 Å². The van der Waals surface area contributed by atoms with Crippen LogP contribution in [-0.2, 0) is 14.4 Å². The number of hydroxylamine groups is 2.